The average Bonchev–Trinajstić information content (AvgIpc) is 2.68. The fourth-order valence-electron chi connectivity index (χ4n) is 3.14. The zero-order chi connectivity index (χ0) is 19.5. The highest BCUT2D eigenvalue weighted by Crippen LogP contribution is 2.39. The number of rotatable bonds is 6. The Balaban J connectivity index is 1.71. The van der Waals surface area contributed by atoms with Crippen molar-refractivity contribution >= 4 is 38.3 Å². The predicted octanol–water partition coefficient (Wildman–Crippen LogP) is 3.94. The first-order valence-corrected chi connectivity index (χ1v) is 9.59. The van der Waals surface area contributed by atoms with Gasteiger partial charge in [0, 0.05) is 35.8 Å². The van der Waals surface area contributed by atoms with Gasteiger partial charge in [-0.25, -0.2) is 9.97 Å². The second kappa shape index (κ2) is 8.30. The summed E-state index contributed by atoms with van der Waals surface area (Å²) in [4.78, 5) is 8.79. The molecule has 2 unspecified atom stereocenters. The molecule has 2 atom stereocenters. The molecule has 0 saturated heterocycles. The van der Waals surface area contributed by atoms with Crippen LogP contribution >= 0.6 is 15.9 Å². The van der Waals surface area contributed by atoms with Crippen LogP contribution in [-0.4, -0.2) is 49.6 Å². The average molecular weight is 446 g/mol. The van der Waals surface area contributed by atoms with E-state index in [0.717, 1.165) is 21.1 Å². The van der Waals surface area contributed by atoms with Gasteiger partial charge in [-0.3, -0.25) is 0 Å². The van der Waals surface area contributed by atoms with Gasteiger partial charge in [-0.05, 0) is 24.3 Å². The molecule has 3 aromatic rings. The van der Waals surface area contributed by atoms with Crippen molar-refractivity contribution in [2.24, 2.45) is 0 Å². The maximum Gasteiger partial charge on any atom is 0.164 e. The normalized spacial score (nSPS) is 18.2. The van der Waals surface area contributed by atoms with Crippen LogP contribution in [0.2, 0.25) is 0 Å². The van der Waals surface area contributed by atoms with Gasteiger partial charge in [0.2, 0.25) is 0 Å². The predicted molar refractivity (Wildman–Crippen MR) is 110 cm³/mol. The standard InChI is InChI=1S/C20H20BrN3O4/c1-25-9-18-19(10-26-2)28-17-8-15-14(7-16(17)27-18)20(23-11-22-15)24-13-5-3-4-12(21)6-13/h3-8,11,18-19H,9-10H2,1-2H3,(H,22,23,24). The minimum Gasteiger partial charge on any atom is -0.480 e. The number of halogens is 1. The first-order chi connectivity index (χ1) is 13.7. The number of hydrogen-bond acceptors (Lipinski definition) is 7. The van der Waals surface area contributed by atoms with Gasteiger partial charge in [0.05, 0.1) is 18.7 Å². The smallest absolute Gasteiger partial charge is 0.164 e. The molecule has 146 valence electrons. The van der Waals surface area contributed by atoms with Gasteiger partial charge in [0.25, 0.3) is 0 Å². The molecular formula is C20H20BrN3O4. The van der Waals surface area contributed by atoms with Crippen LogP contribution in [0.3, 0.4) is 0 Å². The summed E-state index contributed by atoms with van der Waals surface area (Å²) in [6.45, 7) is 0.810. The number of methoxy groups -OCH3 is 2. The summed E-state index contributed by atoms with van der Waals surface area (Å²) in [5, 5.41) is 4.18. The molecule has 2 aromatic carbocycles. The monoisotopic (exact) mass is 445 g/mol. The molecule has 0 bridgehead atoms. The molecule has 0 fully saturated rings. The Morgan fingerprint density at radius 1 is 1.00 bits per heavy atom. The maximum absolute atomic E-state index is 6.15. The van der Waals surface area contributed by atoms with Gasteiger partial charge in [-0.15, -0.1) is 0 Å². The highest BCUT2D eigenvalue weighted by atomic mass is 79.9. The summed E-state index contributed by atoms with van der Waals surface area (Å²) < 4.78 is 23.8. The Bertz CT molecular complexity index is 985. The Kier molecular flexibility index (Phi) is 5.61. The van der Waals surface area contributed by atoms with E-state index < -0.39 is 0 Å². The Morgan fingerprint density at radius 2 is 1.71 bits per heavy atom. The molecule has 28 heavy (non-hydrogen) atoms. The number of ether oxygens (including phenoxy) is 4. The lowest BCUT2D eigenvalue weighted by atomic mass is 10.1. The van der Waals surface area contributed by atoms with Crippen LogP contribution in [0.4, 0.5) is 11.5 Å². The van der Waals surface area contributed by atoms with E-state index in [-0.39, 0.29) is 12.2 Å². The number of fused-ring (bicyclic) bond motifs is 2. The lowest BCUT2D eigenvalue weighted by Crippen LogP contribution is -2.45. The molecule has 4 rings (SSSR count). The fourth-order valence-corrected chi connectivity index (χ4v) is 3.54. The zero-order valence-electron chi connectivity index (χ0n) is 15.5. The summed E-state index contributed by atoms with van der Waals surface area (Å²) in [7, 11) is 3.27. The van der Waals surface area contributed by atoms with Crippen LogP contribution in [0.5, 0.6) is 11.5 Å². The van der Waals surface area contributed by atoms with Crippen LogP contribution in [0.1, 0.15) is 0 Å². The molecule has 0 radical (unpaired) electrons. The first kappa shape index (κ1) is 18.9. The van der Waals surface area contributed by atoms with Crippen molar-refractivity contribution in [2.75, 3.05) is 32.8 Å². The summed E-state index contributed by atoms with van der Waals surface area (Å²) in [6, 6.07) is 11.6. The van der Waals surface area contributed by atoms with Crippen molar-refractivity contribution in [3.63, 3.8) is 0 Å². The molecule has 7 nitrogen and oxygen atoms in total. The Hall–Kier alpha value is -2.42. The van der Waals surface area contributed by atoms with E-state index in [9.17, 15) is 0 Å². The lowest BCUT2D eigenvalue weighted by Gasteiger charge is -2.33. The highest BCUT2D eigenvalue weighted by Gasteiger charge is 2.32. The summed E-state index contributed by atoms with van der Waals surface area (Å²) in [5.41, 5.74) is 1.68. The number of aromatic nitrogens is 2. The quantitative estimate of drug-likeness (QED) is 0.615. The molecule has 1 aliphatic rings. The van der Waals surface area contributed by atoms with Crippen molar-refractivity contribution in [3.8, 4) is 11.5 Å². The minimum atomic E-state index is -0.263. The van der Waals surface area contributed by atoms with Crippen LogP contribution in [0.25, 0.3) is 10.9 Å². The van der Waals surface area contributed by atoms with Gasteiger partial charge in [-0.2, -0.15) is 0 Å². The van der Waals surface area contributed by atoms with E-state index in [1.54, 1.807) is 14.2 Å². The number of benzene rings is 2. The number of hydrogen-bond donors (Lipinski definition) is 1. The summed E-state index contributed by atoms with van der Waals surface area (Å²) >= 11 is 3.48. The third kappa shape index (κ3) is 3.89. The molecule has 1 aromatic heterocycles. The third-order valence-electron chi connectivity index (χ3n) is 4.42. The topological polar surface area (TPSA) is 74.7 Å². The van der Waals surface area contributed by atoms with Gasteiger partial charge in [0.15, 0.2) is 23.7 Å². The first-order valence-electron chi connectivity index (χ1n) is 8.80. The van der Waals surface area contributed by atoms with Crippen LogP contribution in [-0.2, 0) is 9.47 Å². The minimum absolute atomic E-state index is 0.254. The second-order valence-corrected chi connectivity index (χ2v) is 7.31. The van der Waals surface area contributed by atoms with E-state index in [2.05, 4.69) is 31.2 Å². The fraction of sp³-hybridized carbons (Fsp3) is 0.300. The van der Waals surface area contributed by atoms with Gasteiger partial charge in [-0.1, -0.05) is 22.0 Å². The second-order valence-electron chi connectivity index (χ2n) is 6.40. The lowest BCUT2D eigenvalue weighted by molar-refractivity contribution is -0.0513. The Labute approximate surface area is 171 Å². The van der Waals surface area contributed by atoms with Crippen molar-refractivity contribution in [3.05, 3.63) is 47.2 Å². The number of nitrogens with zero attached hydrogens (tertiary/aromatic N) is 2. The van der Waals surface area contributed by atoms with E-state index in [0.29, 0.717) is 30.5 Å². The molecule has 0 spiro atoms. The number of nitrogens with one attached hydrogen (secondary N) is 1. The van der Waals surface area contributed by atoms with E-state index in [4.69, 9.17) is 18.9 Å². The van der Waals surface area contributed by atoms with Crippen molar-refractivity contribution < 1.29 is 18.9 Å². The van der Waals surface area contributed by atoms with E-state index in [1.165, 1.54) is 6.33 Å². The van der Waals surface area contributed by atoms with E-state index >= 15 is 0 Å². The third-order valence-corrected chi connectivity index (χ3v) is 4.91. The molecule has 0 amide bonds. The van der Waals surface area contributed by atoms with Gasteiger partial charge >= 0.3 is 0 Å². The Morgan fingerprint density at radius 3 is 2.39 bits per heavy atom. The summed E-state index contributed by atoms with van der Waals surface area (Å²) in [5.74, 6) is 1.96. The van der Waals surface area contributed by atoms with Gasteiger partial charge in [0.1, 0.15) is 12.1 Å². The number of anilines is 2. The SMILES string of the molecule is COCC1Oc2cc3ncnc(Nc4cccc(Br)c4)c3cc2OC1COC. The van der Waals surface area contributed by atoms with Crippen LogP contribution in [0, 0.1) is 0 Å². The van der Waals surface area contributed by atoms with Crippen LogP contribution < -0.4 is 14.8 Å². The molecule has 2 heterocycles. The van der Waals surface area contributed by atoms with Gasteiger partial charge < -0.3 is 24.3 Å². The van der Waals surface area contributed by atoms with Crippen molar-refractivity contribution in [1.29, 1.82) is 0 Å². The highest BCUT2D eigenvalue weighted by molar-refractivity contribution is 9.10. The van der Waals surface area contributed by atoms with Crippen molar-refractivity contribution in [1.82, 2.24) is 9.97 Å². The van der Waals surface area contributed by atoms with E-state index in [1.807, 2.05) is 36.4 Å². The molecule has 0 saturated carbocycles. The molecule has 1 N–H and O–H groups in total. The molecular weight excluding hydrogens is 426 g/mol. The molecule has 1 aliphatic heterocycles. The van der Waals surface area contributed by atoms with Crippen molar-refractivity contribution in [2.45, 2.75) is 12.2 Å². The molecule has 8 heteroatoms. The summed E-state index contributed by atoms with van der Waals surface area (Å²) in [6.07, 6.45) is 1.01. The zero-order valence-corrected chi connectivity index (χ0v) is 17.1. The largest absolute Gasteiger partial charge is 0.480 e. The molecule has 0 aliphatic carbocycles. The van der Waals surface area contributed by atoms with Crippen LogP contribution in [0.15, 0.2) is 47.2 Å². The maximum atomic E-state index is 6.15.